The molecule has 0 radical (unpaired) electrons. The lowest BCUT2D eigenvalue weighted by atomic mass is 9.51. The van der Waals surface area contributed by atoms with E-state index in [0.717, 1.165) is 17.6 Å². The van der Waals surface area contributed by atoms with Gasteiger partial charge in [-0.15, -0.1) is 0 Å². The van der Waals surface area contributed by atoms with Crippen molar-refractivity contribution in [2.75, 3.05) is 20.1 Å². The number of carbonyl (C=O) groups excluding carboxylic acids is 3. The molecular weight excluding hydrogens is 576 g/mol. The molecule has 1 unspecified atom stereocenters. The highest BCUT2D eigenvalue weighted by Crippen LogP contribution is 2.58. The molecule has 10 heteroatoms. The van der Waals surface area contributed by atoms with E-state index in [4.69, 9.17) is 23.7 Å². The Labute approximate surface area is 261 Å². The molecular formula is C35H34N2O8. The molecule has 5 atom stereocenters. The number of fused-ring (bicyclic) bond motifs is 5. The van der Waals surface area contributed by atoms with Crippen molar-refractivity contribution in [2.45, 2.75) is 52.1 Å². The minimum atomic E-state index is -0.564. The summed E-state index contributed by atoms with van der Waals surface area (Å²) < 4.78 is 28.0. The van der Waals surface area contributed by atoms with Crippen LogP contribution in [0.15, 0.2) is 59.7 Å². The number of rotatable bonds is 5. The van der Waals surface area contributed by atoms with Gasteiger partial charge in [-0.3, -0.25) is 14.5 Å². The topological polar surface area (TPSA) is 124 Å². The number of amides is 2. The molecule has 10 nitrogen and oxygen atoms in total. The smallest absolute Gasteiger partial charge is 0.338 e. The second-order valence-electron chi connectivity index (χ2n) is 12.6. The van der Waals surface area contributed by atoms with Crippen LogP contribution in [-0.2, 0) is 9.53 Å². The monoisotopic (exact) mass is 610 g/mol. The van der Waals surface area contributed by atoms with Gasteiger partial charge in [0.1, 0.15) is 6.10 Å². The highest BCUT2D eigenvalue weighted by atomic mass is 16.7. The van der Waals surface area contributed by atoms with Crippen molar-refractivity contribution in [3.63, 3.8) is 0 Å². The van der Waals surface area contributed by atoms with E-state index in [2.05, 4.69) is 19.9 Å². The van der Waals surface area contributed by atoms with Gasteiger partial charge in [-0.2, -0.15) is 5.26 Å². The molecule has 0 saturated heterocycles. The first-order valence-corrected chi connectivity index (χ1v) is 15.4. The zero-order chi connectivity index (χ0) is 31.3. The van der Waals surface area contributed by atoms with Crippen molar-refractivity contribution < 1.29 is 38.1 Å². The Kier molecular flexibility index (Phi) is 7.27. The summed E-state index contributed by atoms with van der Waals surface area (Å²) in [5, 5.41) is 9.42. The average molecular weight is 611 g/mol. The van der Waals surface area contributed by atoms with E-state index < -0.39 is 23.4 Å². The summed E-state index contributed by atoms with van der Waals surface area (Å²) in [5.41, 5.74) is 2.25. The highest BCUT2D eigenvalue weighted by Gasteiger charge is 2.54. The largest absolute Gasteiger partial charge is 0.454 e. The number of allylic oxidation sites excluding steroid dienone is 2. The van der Waals surface area contributed by atoms with Crippen LogP contribution >= 0.6 is 0 Å². The Hall–Kier alpha value is -4.78. The summed E-state index contributed by atoms with van der Waals surface area (Å²) >= 11 is 0. The van der Waals surface area contributed by atoms with Gasteiger partial charge in [-0.1, -0.05) is 18.1 Å². The van der Waals surface area contributed by atoms with Crippen molar-refractivity contribution in [3.8, 4) is 29.1 Å². The molecule has 2 aliphatic carbocycles. The van der Waals surface area contributed by atoms with Crippen molar-refractivity contribution in [3.05, 3.63) is 70.8 Å². The van der Waals surface area contributed by atoms with Crippen LogP contribution in [-0.4, -0.2) is 48.9 Å². The number of esters is 1. The van der Waals surface area contributed by atoms with Crippen molar-refractivity contribution in [1.82, 2.24) is 4.90 Å². The molecule has 1 fully saturated rings. The van der Waals surface area contributed by atoms with Gasteiger partial charge in [0, 0.05) is 30.5 Å². The lowest BCUT2D eigenvalue weighted by Crippen LogP contribution is -2.51. The minimum Gasteiger partial charge on any atom is -0.454 e. The van der Waals surface area contributed by atoms with Crippen LogP contribution in [0.5, 0.6) is 23.0 Å². The van der Waals surface area contributed by atoms with Crippen LogP contribution in [0, 0.1) is 34.5 Å². The highest BCUT2D eigenvalue weighted by molar-refractivity contribution is 6.08. The zero-order valence-corrected chi connectivity index (χ0v) is 25.2. The normalized spacial score (nSPS) is 27.8. The fourth-order valence-corrected chi connectivity index (χ4v) is 7.97. The quantitative estimate of drug-likeness (QED) is 0.242. The van der Waals surface area contributed by atoms with Gasteiger partial charge < -0.3 is 23.7 Å². The molecule has 45 heavy (non-hydrogen) atoms. The summed E-state index contributed by atoms with van der Waals surface area (Å²) in [7, 11) is 0. The predicted molar refractivity (Wildman–Crippen MR) is 159 cm³/mol. The molecule has 2 amide bonds. The summed E-state index contributed by atoms with van der Waals surface area (Å²) in [6, 6.07) is 12.2. The fourth-order valence-electron chi connectivity index (χ4n) is 7.97. The Morgan fingerprint density at radius 1 is 1.02 bits per heavy atom. The number of imide groups is 1. The van der Waals surface area contributed by atoms with Crippen LogP contribution in [0.3, 0.4) is 0 Å². The lowest BCUT2D eigenvalue weighted by molar-refractivity contribution is -0.123. The third-order valence-electron chi connectivity index (χ3n) is 10.3. The minimum absolute atomic E-state index is 0.0896. The number of hydrogen-bond acceptors (Lipinski definition) is 9. The Balaban J connectivity index is 1.20. The predicted octanol–water partition coefficient (Wildman–Crippen LogP) is 5.58. The van der Waals surface area contributed by atoms with Crippen LogP contribution in [0.2, 0.25) is 0 Å². The van der Waals surface area contributed by atoms with Crippen LogP contribution in [0.4, 0.5) is 0 Å². The number of benzene rings is 2. The van der Waals surface area contributed by atoms with Gasteiger partial charge in [0.2, 0.25) is 13.6 Å². The van der Waals surface area contributed by atoms with Gasteiger partial charge in [0.25, 0.3) is 11.8 Å². The number of hydrogen-bond donors (Lipinski definition) is 0. The summed E-state index contributed by atoms with van der Waals surface area (Å²) in [6.07, 6.45) is 6.22. The van der Waals surface area contributed by atoms with E-state index in [1.54, 1.807) is 42.5 Å². The van der Waals surface area contributed by atoms with Gasteiger partial charge in [-0.05, 0) is 92.3 Å². The molecule has 3 heterocycles. The average Bonchev–Trinajstić information content (AvgIpc) is 3.68. The third kappa shape index (κ3) is 5.00. The van der Waals surface area contributed by atoms with Gasteiger partial charge >= 0.3 is 5.97 Å². The molecule has 0 spiro atoms. The van der Waals surface area contributed by atoms with Crippen molar-refractivity contribution in [2.24, 2.45) is 23.2 Å². The van der Waals surface area contributed by atoms with E-state index in [0.29, 0.717) is 59.8 Å². The second kappa shape index (κ2) is 11.3. The molecule has 2 aromatic rings. The molecule has 1 saturated carbocycles. The van der Waals surface area contributed by atoms with Crippen LogP contribution in [0.25, 0.3) is 0 Å². The maximum atomic E-state index is 13.7. The second-order valence-corrected chi connectivity index (χ2v) is 12.6. The Bertz CT molecular complexity index is 1690. The Morgan fingerprint density at radius 2 is 1.69 bits per heavy atom. The molecule has 232 valence electrons. The first kappa shape index (κ1) is 29.0. The van der Waals surface area contributed by atoms with Crippen molar-refractivity contribution >= 4 is 17.8 Å². The van der Waals surface area contributed by atoms with E-state index in [1.807, 2.05) is 6.08 Å². The van der Waals surface area contributed by atoms with E-state index in [9.17, 15) is 19.6 Å². The molecule has 3 aliphatic heterocycles. The number of carbonyl (C=O) groups is 3. The maximum absolute atomic E-state index is 13.7. The summed E-state index contributed by atoms with van der Waals surface area (Å²) in [5.74, 6) is 1.02. The maximum Gasteiger partial charge on any atom is 0.338 e. The third-order valence-corrected chi connectivity index (χ3v) is 10.3. The summed E-state index contributed by atoms with van der Waals surface area (Å²) in [6.45, 7) is 4.59. The first-order valence-electron chi connectivity index (χ1n) is 15.4. The standard InChI is InChI=1S/C35H34N2O8/c1-20-14-30(45-34(40)22-6-10-27-29(16-22)44-19-42-27)32-25(24(20)4-3-12-36)8-7-23-17-31(38)37(13-11-35(23,32)2)33(39)21-5-9-26-28(15-21)43-18-41-26/h5-6,9-10,14-17,24-25,30,32H,3-4,7-8,11,13,18-19H2,1-2H3/t24-,25+,30?,32-,35+/m1/s1. The van der Waals surface area contributed by atoms with Crippen molar-refractivity contribution in [1.29, 1.82) is 5.26 Å². The molecule has 2 aromatic carbocycles. The van der Waals surface area contributed by atoms with E-state index in [1.165, 1.54) is 4.90 Å². The SMILES string of the molecule is CC1=CC(OC(=O)c2ccc3c(c2)OCO3)[C@H]2[C@@H](CCC3=CC(=O)N(C(=O)c4ccc5c(c4)OCO5)CC[C@@]32C)[C@@H]1CCC#N. The van der Waals surface area contributed by atoms with Gasteiger partial charge in [-0.25, -0.2) is 4.79 Å². The fraction of sp³-hybridized carbons (Fsp3) is 0.429. The van der Waals surface area contributed by atoms with Gasteiger partial charge in [0.15, 0.2) is 23.0 Å². The molecule has 0 aromatic heterocycles. The molecule has 0 bridgehead atoms. The van der Waals surface area contributed by atoms with Crippen LogP contribution < -0.4 is 18.9 Å². The number of ether oxygens (including phenoxy) is 5. The first-order chi connectivity index (χ1) is 21.8. The molecule has 0 N–H and O–H groups in total. The summed E-state index contributed by atoms with van der Waals surface area (Å²) in [4.78, 5) is 42.2. The molecule has 5 aliphatic rings. The lowest BCUT2D eigenvalue weighted by Gasteiger charge is -2.54. The van der Waals surface area contributed by atoms with E-state index >= 15 is 0 Å². The van der Waals surface area contributed by atoms with Crippen LogP contribution in [0.1, 0.15) is 66.7 Å². The number of nitriles is 1. The molecule has 7 rings (SSSR count). The Morgan fingerprint density at radius 3 is 2.40 bits per heavy atom. The number of nitrogens with zero attached hydrogens (tertiary/aromatic N) is 2. The van der Waals surface area contributed by atoms with E-state index in [-0.39, 0.29) is 43.8 Å². The van der Waals surface area contributed by atoms with Gasteiger partial charge in [0.05, 0.1) is 11.6 Å². The zero-order valence-electron chi connectivity index (χ0n) is 25.2.